The molecule has 0 aromatic carbocycles. The van der Waals surface area contributed by atoms with E-state index in [9.17, 15) is 9.90 Å². The zero-order valence-electron chi connectivity index (χ0n) is 9.52. The Morgan fingerprint density at radius 2 is 2.33 bits per heavy atom. The molecule has 86 valence electrons. The van der Waals surface area contributed by atoms with E-state index in [2.05, 4.69) is 6.58 Å². The lowest BCUT2D eigenvalue weighted by Crippen LogP contribution is -2.48. The Bertz CT molecular complexity index is 243. The minimum atomic E-state index is -0.394. The van der Waals surface area contributed by atoms with Crippen LogP contribution in [0, 0.1) is 0 Å². The number of hydrogen-bond acceptors (Lipinski definition) is 3. The van der Waals surface area contributed by atoms with Crippen LogP contribution in [0.2, 0.25) is 0 Å². The summed E-state index contributed by atoms with van der Waals surface area (Å²) < 4.78 is 0. The normalized spacial score (nSPS) is 29.0. The Labute approximate surface area is 91.2 Å². The third kappa shape index (κ3) is 2.58. The zero-order valence-corrected chi connectivity index (χ0v) is 9.52. The molecule has 0 aromatic rings. The van der Waals surface area contributed by atoms with Crippen molar-refractivity contribution >= 4 is 5.91 Å². The van der Waals surface area contributed by atoms with E-state index in [0.717, 1.165) is 13.0 Å². The first kappa shape index (κ1) is 12.2. The second kappa shape index (κ2) is 5.28. The van der Waals surface area contributed by atoms with E-state index >= 15 is 0 Å². The van der Waals surface area contributed by atoms with Crippen molar-refractivity contribution in [2.45, 2.75) is 25.4 Å². The first-order chi connectivity index (χ1) is 7.11. The molecule has 1 saturated heterocycles. The maximum absolute atomic E-state index is 12.1. The standard InChI is InChI=1S/C11H20N2O2/c1-4-6-13-9(2)5-7-12(3)10(8-14)11(13)15/h4,9-10,14H,1,5-8H2,2-3H3. The smallest absolute Gasteiger partial charge is 0.242 e. The van der Waals surface area contributed by atoms with Gasteiger partial charge in [-0.15, -0.1) is 6.58 Å². The summed E-state index contributed by atoms with van der Waals surface area (Å²) >= 11 is 0. The quantitative estimate of drug-likeness (QED) is 0.674. The third-order valence-electron chi connectivity index (χ3n) is 3.03. The van der Waals surface area contributed by atoms with E-state index in [4.69, 9.17) is 0 Å². The Morgan fingerprint density at radius 3 is 2.87 bits per heavy atom. The monoisotopic (exact) mass is 212 g/mol. The molecule has 2 atom stereocenters. The Hall–Kier alpha value is -0.870. The van der Waals surface area contributed by atoms with Crippen LogP contribution in [-0.4, -0.2) is 59.6 Å². The van der Waals surface area contributed by atoms with Crippen molar-refractivity contribution in [3.63, 3.8) is 0 Å². The average Bonchev–Trinajstić information content (AvgIpc) is 2.31. The summed E-state index contributed by atoms with van der Waals surface area (Å²) in [5, 5.41) is 9.21. The first-order valence-corrected chi connectivity index (χ1v) is 5.34. The van der Waals surface area contributed by atoms with Crippen molar-refractivity contribution in [3.05, 3.63) is 12.7 Å². The molecule has 1 N–H and O–H groups in total. The van der Waals surface area contributed by atoms with Gasteiger partial charge in [0.25, 0.3) is 0 Å². The van der Waals surface area contributed by atoms with Crippen molar-refractivity contribution in [2.75, 3.05) is 26.7 Å². The zero-order chi connectivity index (χ0) is 11.4. The van der Waals surface area contributed by atoms with E-state index in [1.807, 2.05) is 18.9 Å². The SMILES string of the molecule is C=CCN1C(=O)C(CO)N(C)CCC1C. The summed E-state index contributed by atoms with van der Waals surface area (Å²) in [4.78, 5) is 15.8. The third-order valence-corrected chi connectivity index (χ3v) is 3.03. The van der Waals surface area contributed by atoms with Crippen LogP contribution in [0.3, 0.4) is 0 Å². The minimum absolute atomic E-state index is 0.00454. The number of aliphatic hydroxyl groups excluding tert-OH is 1. The lowest BCUT2D eigenvalue weighted by molar-refractivity contribution is -0.137. The predicted molar refractivity (Wildman–Crippen MR) is 59.5 cm³/mol. The highest BCUT2D eigenvalue weighted by Gasteiger charge is 2.32. The molecule has 15 heavy (non-hydrogen) atoms. The molecule has 0 saturated carbocycles. The summed E-state index contributed by atoms with van der Waals surface area (Å²) in [5.74, 6) is 0.00454. The summed E-state index contributed by atoms with van der Waals surface area (Å²) in [6.07, 6.45) is 2.67. The molecule has 1 amide bonds. The number of carbonyl (C=O) groups is 1. The largest absolute Gasteiger partial charge is 0.394 e. The highest BCUT2D eigenvalue weighted by Crippen LogP contribution is 2.15. The average molecular weight is 212 g/mol. The van der Waals surface area contributed by atoms with Crippen LogP contribution in [0.5, 0.6) is 0 Å². The molecule has 0 aliphatic carbocycles. The van der Waals surface area contributed by atoms with Crippen LogP contribution in [-0.2, 0) is 4.79 Å². The molecule has 0 aromatic heterocycles. The fourth-order valence-electron chi connectivity index (χ4n) is 1.93. The predicted octanol–water partition coefficient (Wildman–Crippen LogP) is 0.0859. The Morgan fingerprint density at radius 1 is 1.67 bits per heavy atom. The topological polar surface area (TPSA) is 43.8 Å². The maximum atomic E-state index is 12.1. The highest BCUT2D eigenvalue weighted by atomic mass is 16.3. The number of rotatable bonds is 3. The molecule has 0 radical (unpaired) electrons. The van der Waals surface area contributed by atoms with Crippen molar-refractivity contribution in [1.29, 1.82) is 0 Å². The van der Waals surface area contributed by atoms with Gasteiger partial charge in [0, 0.05) is 19.1 Å². The summed E-state index contributed by atoms with van der Waals surface area (Å²) in [5.41, 5.74) is 0. The number of hydrogen-bond donors (Lipinski definition) is 1. The number of carbonyl (C=O) groups excluding carboxylic acids is 1. The fourth-order valence-corrected chi connectivity index (χ4v) is 1.93. The van der Waals surface area contributed by atoms with Gasteiger partial charge < -0.3 is 10.0 Å². The van der Waals surface area contributed by atoms with Gasteiger partial charge in [0.15, 0.2) is 0 Å². The van der Waals surface area contributed by atoms with E-state index in [0.29, 0.717) is 6.54 Å². The molecular formula is C11H20N2O2. The van der Waals surface area contributed by atoms with Crippen molar-refractivity contribution in [2.24, 2.45) is 0 Å². The molecule has 0 bridgehead atoms. The first-order valence-electron chi connectivity index (χ1n) is 5.34. The fraction of sp³-hybridized carbons (Fsp3) is 0.727. The number of amides is 1. The molecule has 1 heterocycles. The Balaban J connectivity index is 2.84. The van der Waals surface area contributed by atoms with Crippen LogP contribution in [0.15, 0.2) is 12.7 Å². The molecule has 1 aliphatic rings. The molecule has 1 rings (SSSR count). The van der Waals surface area contributed by atoms with Gasteiger partial charge in [0.2, 0.25) is 5.91 Å². The van der Waals surface area contributed by atoms with Crippen molar-refractivity contribution in [1.82, 2.24) is 9.80 Å². The number of likely N-dealkylation sites (N-methyl/N-ethyl adjacent to an activating group) is 1. The molecule has 0 spiro atoms. The van der Waals surface area contributed by atoms with Crippen LogP contribution < -0.4 is 0 Å². The Kier molecular flexibility index (Phi) is 4.29. The molecule has 4 nitrogen and oxygen atoms in total. The van der Waals surface area contributed by atoms with Gasteiger partial charge >= 0.3 is 0 Å². The van der Waals surface area contributed by atoms with E-state index < -0.39 is 6.04 Å². The van der Waals surface area contributed by atoms with Gasteiger partial charge in [-0.25, -0.2) is 0 Å². The lowest BCUT2D eigenvalue weighted by Gasteiger charge is -2.28. The van der Waals surface area contributed by atoms with Gasteiger partial charge in [-0.1, -0.05) is 6.08 Å². The summed E-state index contributed by atoms with van der Waals surface area (Å²) in [7, 11) is 1.88. The second-order valence-corrected chi connectivity index (χ2v) is 4.10. The van der Waals surface area contributed by atoms with Crippen LogP contribution in [0.25, 0.3) is 0 Å². The molecule has 4 heteroatoms. The van der Waals surface area contributed by atoms with Crippen LogP contribution in [0.1, 0.15) is 13.3 Å². The van der Waals surface area contributed by atoms with Gasteiger partial charge in [0.1, 0.15) is 6.04 Å². The van der Waals surface area contributed by atoms with Crippen LogP contribution in [0.4, 0.5) is 0 Å². The molecule has 2 unspecified atom stereocenters. The molecule has 1 aliphatic heterocycles. The number of aliphatic hydroxyl groups is 1. The van der Waals surface area contributed by atoms with Crippen LogP contribution >= 0.6 is 0 Å². The second-order valence-electron chi connectivity index (χ2n) is 4.10. The van der Waals surface area contributed by atoms with Gasteiger partial charge in [-0.05, 0) is 20.4 Å². The number of nitrogens with zero attached hydrogens (tertiary/aromatic N) is 2. The van der Waals surface area contributed by atoms with E-state index in [1.54, 1.807) is 11.0 Å². The van der Waals surface area contributed by atoms with Gasteiger partial charge in [-0.3, -0.25) is 9.69 Å². The maximum Gasteiger partial charge on any atom is 0.242 e. The highest BCUT2D eigenvalue weighted by molar-refractivity contribution is 5.82. The summed E-state index contributed by atoms with van der Waals surface area (Å²) in [6, 6.07) is -0.176. The molecule has 1 fully saturated rings. The van der Waals surface area contributed by atoms with E-state index in [-0.39, 0.29) is 18.6 Å². The van der Waals surface area contributed by atoms with Gasteiger partial charge in [0.05, 0.1) is 6.61 Å². The molecular weight excluding hydrogens is 192 g/mol. The minimum Gasteiger partial charge on any atom is -0.394 e. The van der Waals surface area contributed by atoms with Gasteiger partial charge in [-0.2, -0.15) is 0 Å². The summed E-state index contributed by atoms with van der Waals surface area (Å²) in [6.45, 7) is 6.97. The van der Waals surface area contributed by atoms with Crippen molar-refractivity contribution < 1.29 is 9.90 Å². The van der Waals surface area contributed by atoms with Crippen molar-refractivity contribution in [3.8, 4) is 0 Å². The van der Waals surface area contributed by atoms with E-state index in [1.165, 1.54) is 0 Å². The lowest BCUT2D eigenvalue weighted by atomic mass is 10.2.